The Kier molecular flexibility index (Phi) is 3.42. The van der Waals surface area contributed by atoms with Gasteiger partial charge in [-0.1, -0.05) is 18.6 Å². The fourth-order valence-electron chi connectivity index (χ4n) is 2.74. The first-order chi connectivity index (χ1) is 9.56. The summed E-state index contributed by atoms with van der Waals surface area (Å²) in [5.74, 6) is 0.828. The average Bonchev–Trinajstić information content (AvgIpc) is 2.76. The number of piperidine rings is 1. The number of anilines is 1. The highest BCUT2D eigenvalue weighted by atomic mass is 32.1. The van der Waals surface area contributed by atoms with Gasteiger partial charge in [-0.3, -0.25) is 4.79 Å². The number of nitrogen functional groups attached to an aromatic ring is 1. The van der Waals surface area contributed by atoms with Gasteiger partial charge in [-0.2, -0.15) is 0 Å². The quantitative estimate of drug-likeness (QED) is 0.870. The molecule has 1 aromatic carbocycles. The minimum absolute atomic E-state index is 0.105. The van der Waals surface area contributed by atoms with Gasteiger partial charge in [-0.25, -0.2) is 0 Å². The monoisotopic (exact) mass is 288 g/mol. The lowest BCUT2D eigenvalue weighted by molar-refractivity contribution is 0.0703. The molecule has 1 aliphatic heterocycles. The van der Waals surface area contributed by atoms with Crippen LogP contribution >= 0.6 is 11.3 Å². The Bertz CT molecular complexity index is 654. The number of hydrogen-bond acceptors (Lipinski definition) is 3. The van der Waals surface area contributed by atoms with Crippen LogP contribution in [0.5, 0.6) is 0 Å². The Hall–Kier alpha value is -1.55. The number of carbonyl (C=O) groups is 1. The molecule has 2 N–H and O–H groups in total. The second kappa shape index (κ2) is 5.09. The third-order valence-corrected chi connectivity index (χ3v) is 5.32. The van der Waals surface area contributed by atoms with Crippen molar-refractivity contribution in [3.8, 4) is 0 Å². The highest BCUT2D eigenvalue weighted by molar-refractivity contribution is 7.21. The molecule has 20 heavy (non-hydrogen) atoms. The maximum atomic E-state index is 12.6. The lowest BCUT2D eigenvalue weighted by Gasteiger charge is -2.30. The number of fused-ring (bicyclic) bond motifs is 1. The van der Waals surface area contributed by atoms with E-state index < -0.39 is 0 Å². The van der Waals surface area contributed by atoms with Gasteiger partial charge < -0.3 is 10.6 Å². The molecule has 0 bridgehead atoms. The number of nitrogens with zero attached hydrogens (tertiary/aromatic N) is 1. The topological polar surface area (TPSA) is 46.3 Å². The Morgan fingerprint density at radius 2 is 2.05 bits per heavy atom. The molecule has 0 radical (unpaired) electrons. The van der Waals surface area contributed by atoms with Crippen LogP contribution in [0.4, 0.5) is 5.69 Å². The van der Waals surface area contributed by atoms with E-state index in [2.05, 4.69) is 25.1 Å². The smallest absolute Gasteiger partial charge is 0.266 e. The van der Waals surface area contributed by atoms with Crippen LogP contribution in [0.1, 0.15) is 35.0 Å². The number of thiophene rings is 1. The summed E-state index contributed by atoms with van der Waals surface area (Å²) in [7, 11) is 0. The van der Waals surface area contributed by atoms with Gasteiger partial charge >= 0.3 is 0 Å². The number of aryl methyl sites for hydroxylation is 1. The van der Waals surface area contributed by atoms with Crippen molar-refractivity contribution in [3.63, 3.8) is 0 Å². The summed E-state index contributed by atoms with van der Waals surface area (Å²) in [6, 6.07) is 6.19. The molecule has 1 fully saturated rings. The van der Waals surface area contributed by atoms with Gasteiger partial charge in [-0.15, -0.1) is 11.3 Å². The molecular formula is C16H20N2OS. The van der Waals surface area contributed by atoms with E-state index in [1.165, 1.54) is 16.9 Å². The summed E-state index contributed by atoms with van der Waals surface area (Å²) in [5.41, 5.74) is 8.03. The van der Waals surface area contributed by atoms with E-state index >= 15 is 0 Å². The van der Waals surface area contributed by atoms with Gasteiger partial charge in [0, 0.05) is 23.2 Å². The van der Waals surface area contributed by atoms with Gasteiger partial charge in [0.1, 0.15) is 4.88 Å². The molecule has 1 aliphatic rings. The molecule has 106 valence electrons. The highest BCUT2D eigenvalue weighted by Gasteiger charge is 2.25. The van der Waals surface area contributed by atoms with E-state index in [-0.39, 0.29) is 5.91 Å². The van der Waals surface area contributed by atoms with Crippen molar-refractivity contribution in [1.82, 2.24) is 4.90 Å². The molecule has 0 spiro atoms. The molecule has 2 aromatic rings. The fraction of sp³-hybridized carbons (Fsp3) is 0.438. The van der Waals surface area contributed by atoms with E-state index in [1.54, 1.807) is 0 Å². The number of nitrogens with two attached hydrogens (primary N) is 1. The number of carbonyl (C=O) groups excluding carboxylic acids is 1. The molecule has 0 aliphatic carbocycles. The molecule has 0 unspecified atom stereocenters. The molecule has 0 saturated carbocycles. The second-order valence-electron chi connectivity index (χ2n) is 5.82. The predicted molar refractivity (Wildman–Crippen MR) is 85.3 cm³/mol. The maximum absolute atomic E-state index is 12.6. The maximum Gasteiger partial charge on any atom is 0.266 e. The predicted octanol–water partition coefficient (Wildman–Crippen LogP) is 3.66. The number of benzene rings is 1. The van der Waals surface area contributed by atoms with Crippen LogP contribution < -0.4 is 5.73 Å². The summed E-state index contributed by atoms with van der Waals surface area (Å²) in [5, 5.41) is 1.02. The van der Waals surface area contributed by atoms with Gasteiger partial charge in [0.15, 0.2) is 0 Å². The van der Waals surface area contributed by atoms with Crippen LogP contribution in [0.15, 0.2) is 18.2 Å². The van der Waals surface area contributed by atoms with Crippen LogP contribution in [-0.2, 0) is 0 Å². The summed E-state index contributed by atoms with van der Waals surface area (Å²) in [4.78, 5) is 15.3. The van der Waals surface area contributed by atoms with Gasteiger partial charge in [0.05, 0.1) is 5.69 Å². The normalized spacial score (nSPS) is 16.8. The van der Waals surface area contributed by atoms with Crippen molar-refractivity contribution >= 4 is 33.0 Å². The third-order valence-electron chi connectivity index (χ3n) is 4.15. The number of likely N-dealkylation sites (tertiary alicyclic amines) is 1. The van der Waals surface area contributed by atoms with Crippen molar-refractivity contribution in [3.05, 3.63) is 28.6 Å². The van der Waals surface area contributed by atoms with Crippen molar-refractivity contribution in [1.29, 1.82) is 0 Å². The van der Waals surface area contributed by atoms with Crippen molar-refractivity contribution in [2.45, 2.75) is 26.7 Å². The molecule has 3 rings (SSSR count). The Balaban J connectivity index is 1.93. The second-order valence-corrected chi connectivity index (χ2v) is 6.87. The summed E-state index contributed by atoms with van der Waals surface area (Å²) < 4.78 is 1.10. The molecule has 1 aromatic heterocycles. The molecule has 1 amide bonds. The first kappa shape index (κ1) is 13.4. The van der Waals surface area contributed by atoms with Crippen LogP contribution in [0.2, 0.25) is 0 Å². The first-order valence-electron chi connectivity index (χ1n) is 7.14. The molecule has 4 heteroatoms. The van der Waals surface area contributed by atoms with Crippen LogP contribution in [0.3, 0.4) is 0 Å². The highest BCUT2D eigenvalue weighted by Crippen LogP contribution is 2.35. The lowest BCUT2D eigenvalue weighted by atomic mass is 9.99. The van der Waals surface area contributed by atoms with Gasteiger partial charge in [-0.05, 0) is 37.8 Å². The first-order valence-corrected chi connectivity index (χ1v) is 7.96. The van der Waals surface area contributed by atoms with Gasteiger partial charge in [0.2, 0.25) is 0 Å². The zero-order valence-electron chi connectivity index (χ0n) is 12.0. The zero-order valence-corrected chi connectivity index (χ0v) is 12.8. The molecule has 2 heterocycles. The summed E-state index contributed by atoms with van der Waals surface area (Å²) in [6.45, 7) is 6.00. The lowest BCUT2D eigenvalue weighted by Crippen LogP contribution is -2.37. The number of amides is 1. The molecule has 1 saturated heterocycles. The van der Waals surface area contributed by atoms with Crippen LogP contribution in [0, 0.1) is 12.8 Å². The third kappa shape index (κ3) is 2.29. The van der Waals surface area contributed by atoms with Crippen molar-refractivity contribution in [2.75, 3.05) is 18.8 Å². The zero-order chi connectivity index (χ0) is 14.3. The van der Waals surface area contributed by atoms with Crippen molar-refractivity contribution in [2.24, 2.45) is 5.92 Å². The number of hydrogen-bond donors (Lipinski definition) is 1. The summed E-state index contributed by atoms with van der Waals surface area (Å²) >= 11 is 1.52. The van der Waals surface area contributed by atoms with Crippen molar-refractivity contribution < 1.29 is 4.79 Å². The fourth-order valence-corrected chi connectivity index (χ4v) is 3.82. The minimum atomic E-state index is 0.105. The number of rotatable bonds is 1. The minimum Gasteiger partial charge on any atom is -0.397 e. The van der Waals surface area contributed by atoms with E-state index in [9.17, 15) is 4.79 Å². The van der Waals surface area contributed by atoms with Gasteiger partial charge in [0.25, 0.3) is 5.91 Å². The van der Waals surface area contributed by atoms with Crippen LogP contribution in [0.25, 0.3) is 10.1 Å². The molecular weight excluding hydrogens is 268 g/mol. The largest absolute Gasteiger partial charge is 0.397 e. The van der Waals surface area contributed by atoms with E-state index in [0.29, 0.717) is 10.6 Å². The van der Waals surface area contributed by atoms with Crippen LogP contribution in [-0.4, -0.2) is 23.9 Å². The SMILES string of the molecule is Cc1ccc2sc(C(=O)N3CCC(C)CC3)c(N)c2c1. The molecule has 3 nitrogen and oxygen atoms in total. The Labute approximate surface area is 123 Å². The standard InChI is InChI=1S/C16H20N2OS/c1-10-5-7-18(8-6-10)16(19)15-14(17)12-9-11(2)3-4-13(12)20-15/h3-4,9-10H,5-8,17H2,1-2H3. The summed E-state index contributed by atoms with van der Waals surface area (Å²) in [6.07, 6.45) is 2.19. The van der Waals surface area contributed by atoms with E-state index in [0.717, 1.165) is 41.9 Å². The van der Waals surface area contributed by atoms with E-state index in [4.69, 9.17) is 5.73 Å². The Morgan fingerprint density at radius 3 is 2.75 bits per heavy atom. The Morgan fingerprint density at radius 1 is 1.35 bits per heavy atom. The average molecular weight is 288 g/mol. The molecule has 0 atom stereocenters. The van der Waals surface area contributed by atoms with E-state index in [1.807, 2.05) is 11.8 Å².